The van der Waals surface area contributed by atoms with E-state index >= 15 is 14.4 Å². The lowest BCUT2D eigenvalue weighted by Crippen LogP contribution is -2.63. The minimum atomic E-state index is -1.91. The molecule has 38 heteroatoms. The summed E-state index contributed by atoms with van der Waals surface area (Å²) in [5.41, 5.74) is 17.5. The number of carbonyl (C=O) groups is 15. The van der Waals surface area contributed by atoms with Gasteiger partial charge < -0.3 is 106 Å². The van der Waals surface area contributed by atoms with E-state index in [0.29, 0.717) is 37.7 Å². The molecule has 2 bridgehead atoms. The van der Waals surface area contributed by atoms with Gasteiger partial charge >= 0.3 is 5.97 Å². The van der Waals surface area contributed by atoms with Gasteiger partial charge in [-0.25, -0.2) is 0 Å². The summed E-state index contributed by atoms with van der Waals surface area (Å²) in [7, 11) is 0. The number of nitrogens with zero attached hydrogens (tertiary/aromatic N) is 4. The molecule has 0 unspecified atom stereocenters. The quantitative estimate of drug-likeness (QED) is 0.0371. The van der Waals surface area contributed by atoms with E-state index < -0.39 is 205 Å². The highest BCUT2D eigenvalue weighted by molar-refractivity contribution is 8.16. The summed E-state index contributed by atoms with van der Waals surface area (Å²) in [4.78, 5) is 225. The summed E-state index contributed by atoms with van der Waals surface area (Å²) in [6.07, 6.45) is -0.831. The van der Waals surface area contributed by atoms with Crippen molar-refractivity contribution in [1.29, 1.82) is 0 Å². The zero-order valence-electron chi connectivity index (χ0n) is 60.6. The number of fused-ring (bicyclic) bond motifs is 9. The summed E-state index contributed by atoms with van der Waals surface area (Å²) in [6.45, 7) is 6.32. The van der Waals surface area contributed by atoms with Crippen LogP contribution < -0.4 is 75.7 Å². The number of amides is 14. The third kappa shape index (κ3) is 24.9. The summed E-state index contributed by atoms with van der Waals surface area (Å²) >= 11 is 2.02. The molecule has 106 heavy (non-hydrogen) atoms. The second-order valence-corrected chi connectivity index (χ2v) is 29.7. The molecule has 6 rings (SSSR count). The average molecular weight is 1530 g/mol. The highest BCUT2D eigenvalue weighted by atomic mass is 32.2. The number of hydrogen-bond donors (Lipinski definition) is 17. The van der Waals surface area contributed by atoms with Gasteiger partial charge in [0.2, 0.25) is 82.7 Å². The van der Waals surface area contributed by atoms with E-state index in [-0.39, 0.29) is 113 Å². The van der Waals surface area contributed by atoms with Crippen LogP contribution in [0.15, 0.2) is 35.3 Å². The van der Waals surface area contributed by atoms with Gasteiger partial charge in [0.05, 0.1) is 25.7 Å². The number of aliphatic hydroxyl groups excluding tert-OH is 2. The van der Waals surface area contributed by atoms with Gasteiger partial charge in [0, 0.05) is 49.2 Å². The fourth-order valence-electron chi connectivity index (χ4n) is 13.1. The van der Waals surface area contributed by atoms with Gasteiger partial charge in [-0.15, -0.1) is 23.5 Å². The van der Waals surface area contributed by atoms with E-state index in [1.54, 1.807) is 58.0 Å². The molecule has 0 spiro atoms. The molecule has 0 saturated carbocycles. The summed E-state index contributed by atoms with van der Waals surface area (Å²) in [5, 5.41) is 60.2. The predicted molar refractivity (Wildman–Crippen MR) is 389 cm³/mol. The first-order chi connectivity index (χ1) is 50.5. The first-order valence-corrected chi connectivity index (χ1v) is 38.5. The van der Waals surface area contributed by atoms with Gasteiger partial charge in [0.15, 0.2) is 5.96 Å². The number of hydrogen-bond acceptors (Lipinski definition) is 21. The van der Waals surface area contributed by atoms with Crippen molar-refractivity contribution in [2.75, 3.05) is 62.5 Å². The maximum atomic E-state index is 15.3. The molecule has 5 saturated heterocycles. The number of nitrogens with one attached hydrogen (secondary N) is 11. The highest BCUT2D eigenvalue weighted by Gasteiger charge is 2.47. The second kappa shape index (κ2) is 42.5. The van der Waals surface area contributed by atoms with Crippen LogP contribution in [-0.2, 0) is 78.3 Å². The summed E-state index contributed by atoms with van der Waals surface area (Å²) < 4.78 is 0. The van der Waals surface area contributed by atoms with Crippen molar-refractivity contribution in [3.05, 3.63) is 35.9 Å². The SMILES string of the molecule is CC[C@H](C)[C@@H]1NC(=O)[C@@H]2CCCN2C(=O)[C@@H]2CCCN2C(=O)[C@H]([C@@H](C)CC)NC(=O)[C@H](CO)NC(=O)[C@H](CCCCN)NC(=O)[C@H]([C@@H](C)O)NC(=O)[C@@H]2CSCSC[C@H](NC1=O)C(=O)N[C@@H](Cc1ccccc1)C(=O)N1CCC[C@H]1C(=O)N[C@@H](CC(=O)O)C(=O)NCC(=O)N[C@@H](CCCN=C(N)N)C(=O)N2. The number of nitrogens with two attached hydrogens (primary N) is 3. The lowest BCUT2D eigenvalue weighted by atomic mass is 9.96. The number of carbonyl (C=O) groups excluding carboxylic acids is 14. The Labute approximate surface area is 623 Å². The monoisotopic (exact) mass is 1530 g/mol. The zero-order chi connectivity index (χ0) is 77.9. The van der Waals surface area contributed by atoms with E-state index in [4.69, 9.17) is 17.2 Å². The number of aliphatic imine (C=N–C) groups is 1. The molecule has 5 fully saturated rings. The van der Waals surface area contributed by atoms with Crippen molar-refractivity contribution in [3.63, 3.8) is 0 Å². The lowest BCUT2D eigenvalue weighted by molar-refractivity contribution is -0.149. The molecule has 0 radical (unpaired) electrons. The van der Waals surface area contributed by atoms with Crippen molar-refractivity contribution in [2.24, 2.45) is 34.0 Å². The Bertz CT molecular complexity index is 3320. The molecular formula is C68H106N18O18S2. The Kier molecular flexibility index (Phi) is 34.5. The van der Waals surface area contributed by atoms with Crippen LogP contribution in [0.1, 0.15) is 130 Å². The topological polar surface area (TPSA) is 549 Å². The molecule has 20 N–H and O–H groups in total. The lowest BCUT2D eigenvalue weighted by Gasteiger charge is -2.35. The van der Waals surface area contributed by atoms with Crippen molar-refractivity contribution < 1.29 is 87.2 Å². The largest absolute Gasteiger partial charge is 0.481 e. The summed E-state index contributed by atoms with van der Waals surface area (Å²) in [6, 6.07) is -11.1. The number of carboxylic acids is 1. The molecule has 36 nitrogen and oxygen atoms in total. The van der Waals surface area contributed by atoms with Gasteiger partial charge in [-0.05, 0) is 101 Å². The molecule has 588 valence electrons. The molecule has 1 aromatic carbocycles. The third-order valence-electron chi connectivity index (χ3n) is 19.5. The Morgan fingerprint density at radius 2 is 1.02 bits per heavy atom. The minimum Gasteiger partial charge on any atom is -0.481 e. The highest BCUT2D eigenvalue weighted by Crippen LogP contribution is 2.28. The van der Waals surface area contributed by atoms with Crippen LogP contribution in [0.4, 0.5) is 0 Å². The van der Waals surface area contributed by atoms with Gasteiger partial charge in [0.25, 0.3) is 0 Å². The Morgan fingerprint density at radius 1 is 0.538 bits per heavy atom. The van der Waals surface area contributed by atoms with E-state index in [9.17, 15) is 72.9 Å². The number of aliphatic carboxylic acids is 1. The van der Waals surface area contributed by atoms with E-state index in [2.05, 4.69) is 63.5 Å². The smallest absolute Gasteiger partial charge is 0.305 e. The fourth-order valence-corrected chi connectivity index (χ4v) is 15.3. The van der Waals surface area contributed by atoms with Crippen LogP contribution in [0.3, 0.4) is 0 Å². The number of carboxylic acid groups (broad SMARTS) is 1. The van der Waals surface area contributed by atoms with Gasteiger partial charge in [-0.3, -0.25) is 76.9 Å². The van der Waals surface area contributed by atoms with Crippen molar-refractivity contribution in [1.82, 2.24) is 73.2 Å². The van der Waals surface area contributed by atoms with Crippen LogP contribution in [0.25, 0.3) is 0 Å². The Hall–Kier alpha value is -8.88. The maximum absolute atomic E-state index is 15.3. The average Bonchev–Trinajstić information content (AvgIpc) is 1.45. The number of aliphatic hydroxyl groups is 2. The molecular weight excluding hydrogens is 1420 g/mol. The normalized spacial score (nSPS) is 28.5. The Morgan fingerprint density at radius 3 is 1.60 bits per heavy atom. The molecule has 1 aromatic rings. The molecule has 5 aliphatic heterocycles. The fraction of sp³-hybridized carbons (Fsp3) is 0.676. The van der Waals surface area contributed by atoms with Crippen LogP contribution in [0, 0.1) is 11.8 Å². The van der Waals surface area contributed by atoms with E-state index in [1.807, 2.05) is 0 Å². The van der Waals surface area contributed by atoms with Crippen molar-refractivity contribution >= 4 is 118 Å². The first kappa shape index (κ1) is 86.0. The van der Waals surface area contributed by atoms with E-state index in [1.165, 1.54) is 14.7 Å². The molecule has 16 atom stereocenters. The predicted octanol–water partition coefficient (Wildman–Crippen LogP) is -5.26. The molecule has 0 aliphatic carbocycles. The number of thioether (sulfide) groups is 2. The van der Waals surface area contributed by atoms with Crippen LogP contribution in [-0.4, -0.2) is 272 Å². The van der Waals surface area contributed by atoms with Crippen LogP contribution in [0.5, 0.6) is 0 Å². The number of benzene rings is 1. The van der Waals surface area contributed by atoms with E-state index in [0.717, 1.165) is 30.4 Å². The first-order valence-electron chi connectivity index (χ1n) is 36.2. The molecule has 5 aliphatic rings. The second-order valence-electron chi connectivity index (χ2n) is 27.3. The Balaban J connectivity index is 1.49. The zero-order valence-corrected chi connectivity index (χ0v) is 62.2. The number of guanidine groups is 1. The number of unbranched alkanes of at least 4 members (excludes halogenated alkanes) is 1. The van der Waals surface area contributed by atoms with Crippen LogP contribution >= 0.6 is 23.5 Å². The number of rotatable bonds is 18. The van der Waals surface area contributed by atoms with Gasteiger partial charge in [-0.2, -0.15) is 0 Å². The summed E-state index contributed by atoms with van der Waals surface area (Å²) in [5.74, 6) is -16.7. The standard InChI is InChI=1S/C68H106N18O18S2/c1-6-36(3)52-63(100)80-45-33-105-35-106-34-46(79-56(93)40(20-13-25-72-68(70)71)74-50(89)31-73-55(92)42(30-51(90)91)76-61(98)47-21-14-26-84(47)65(102)43(77-59(45)96)29-39-17-9-8-10-18-39)60(97)83-54(38(5)88)64(101)75-41(19-11-12-24-69)57(94)78-44(32-87)58(95)82-53(37(4)7-2)67(104)86-28-16-23-49(86)66(103)85-27-15-22-48(85)62(99)81-52/h8-10,17-18,36-38,40-49,52-54,87-88H,6-7,11-16,19-35,69H2,1-5H3,(H,73,92)(H,74,89)(H,75,101)(H,76,98)(H,77,96)(H,78,94)(H,79,93)(H,80,100)(H,81,99)(H,82,95)(H,83,97)(H,90,91)(H4,70,71,72)/t36-,37-,38+,40-,41-,42-,43-,44-,45-,46-,47-,48-,49-,52-,53-,54-/m0/s1. The van der Waals surface area contributed by atoms with Crippen molar-refractivity contribution in [3.8, 4) is 0 Å². The van der Waals surface area contributed by atoms with Gasteiger partial charge in [0.1, 0.15) is 78.5 Å². The minimum absolute atomic E-state index is 0.00652. The molecule has 5 heterocycles. The maximum Gasteiger partial charge on any atom is 0.305 e. The molecule has 14 amide bonds. The molecule has 0 aromatic heterocycles. The van der Waals surface area contributed by atoms with Crippen LogP contribution in [0.2, 0.25) is 0 Å². The third-order valence-corrected chi connectivity index (χ3v) is 21.9. The van der Waals surface area contributed by atoms with Crippen molar-refractivity contribution in [2.45, 2.75) is 216 Å². The van der Waals surface area contributed by atoms with Gasteiger partial charge in [-0.1, -0.05) is 70.9 Å².